The summed E-state index contributed by atoms with van der Waals surface area (Å²) in [7, 11) is 1.86. The first-order valence-electron chi connectivity index (χ1n) is 3.61. The lowest BCUT2D eigenvalue weighted by Crippen LogP contribution is -2.19. The Morgan fingerprint density at radius 1 is 1.42 bits per heavy atom. The van der Waals surface area contributed by atoms with Crippen LogP contribution in [0.3, 0.4) is 0 Å². The summed E-state index contributed by atoms with van der Waals surface area (Å²) >= 11 is 10.5. The average molecular weight is 200 g/mol. The molecule has 1 nitrogen and oxygen atoms in total. The third-order valence-corrected chi connectivity index (χ3v) is 2.27. The maximum atomic E-state index is 5.69. The summed E-state index contributed by atoms with van der Waals surface area (Å²) in [5, 5.41) is 0. The number of aryl methyl sites for hydroxylation is 1. The first kappa shape index (κ1) is 9.49. The van der Waals surface area contributed by atoms with E-state index in [0.717, 1.165) is 5.69 Å². The standard InChI is InChI=1S/C9H10ClNS/c1-7-5-3-4-6-8(7)11(2)9(10)12/h3-6H,1-2H3. The molecule has 1 aromatic rings. The molecule has 0 heterocycles. The number of hydrogen-bond acceptors (Lipinski definition) is 1. The number of rotatable bonds is 1. The normalized spacial score (nSPS) is 9.58. The Hall–Kier alpha value is -0.600. The molecule has 0 aliphatic carbocycles. The van der Waals surface area contributed by atoms with Crippen molar-refractivity contribution >= 4 is 34.0 Å². The molecule has 0 N–H and O–H groups in total. The fourth-order valence-corrected chi connectivity index (χ4v) is 1.22. The highest BCUT2D eigenvalue weighted by molar-refractivity contribution is 7.83. The molecular formula is C9H10ClNS. The van der Waals surface area contributed by atoms with Crippen LogP contribution in [-0.4, -0.2) is 11.5 Å². The van der Waals surface area contributed by atoms with Crippen molar-refractivity contribution in [3.05, 3.63) is 29.8 Å². The van der Waals surface area contributed by atoms with Gasteiger partial charge in [0.05, 0.1) is 0 Å². The lowest BCUT2D eigenvalue weighted by atomic mass is 10.2. The summed E-state index contributed by atoms with van der Waals surface area (Å²) in [6.07, 6.45) is 0. The van der Waals surface area contributed by atoms with Crippen LogP contribution in [0.1, 0.15) is 5.56 Å². The zero-order chi connectivity index (χ0) is 9.14. The maximum Gasteiger partial charge on any atom is 0.174 e. The number of halogens is 1. The van der Waals surface area contributed by atoms with Gasteiger partial charge in [0.1, 0.15) is 0 Å². The van der Waals surface area contributed by atoms with Crippen LogP contribution in [0.5, 0.6) is 0 Å². The second kappa shape index (κ2) is 3.87. The minimum atomic E-state index is 0.365. The van der Waals surface area contributed by atoms with Crippen molar-refractivity contribution in [2.45, 2.75) is 6.92 Å². The van der Waals surface area contributed by atoms with Gasteiger partial charge in [-0.15, -0.1) is 0 Å². The van der Waals surface area contributed by atoms with E-state index in [1.807, 2.05) is 38.2 Å². The first-order valence-corrected chi connectivity index (χ1v) is 4.40. The van der Waals surface area contributed by atoms with Crippen molar-refractivity contribution in [1.82, 2.24) is 0 Å². The highest BCUT2D eigenvalue weighted by atomic mass is 35.5. The number of nitrogens with zero attached hydrogens (tertiary/aromatic N) is 1. The van der Waals surface area contributed by atoms with Crippen molar-refractivity contribution in [3.8, 4) is 0 Å². The fourth-order valence-electron chi connectivity index (χ4n) is 1.03. The van der Waals surface area contributed by atoms with E-state index < -0.39 is 0 Å². The summed E-state index contributed by atoms with van der Waals surface area (Å²) in [5.41, 5.74) is 2.22. The summed E-state index contributed by atoms with van der Waals surface area (Å²) in [6.45, 7) is 2.03. The molecule has 0 amide bonds. The molecule has 0 saturated heterocycles. The first-order chi connectivity index (χ1) is 5.63. The Morgan fingerprint density at radius 2 is 2.00 bits per heavy atom. The van der Waals surface area contributed by atoms with Crippen molar-refractivity contribution in [2.24, 2.45) is 0 Å². The minimum Gasteiger partial charge on any atom is -0.326 e. The Labute approximate surface area is 82.9 Å². The number of thiocarbonyl (C=S) groups is 1. The molecule has 64 valence electrons. The molecule has 0 aliphatic rings. The third kappa shape index (κ3) is 1.96. The Kier molecular flexibility index (Phi) is 3.06. The predicted molar refractivity (Wildman–Crippen MR) is 58.0 cm³/mol. The summed E-state index contributed by atoms with van der Waals surface area (Å²) < 4.78 is 0.365. The lowest BCUT2D eigenvalue weighted by molar-refractivity contribution is 1.27. The van der Waals surface area contributed by atoms with Gasteiger partial charge in [0.15, 0.2) is 4.45 Å². The van der Waals surface area contributed by atoms with Crippen LogP contribution in [-0.2, 0) is 0 Å². The number of para-hydroxylation sites is 1. The van der Waals surface area contributed by atoms with Gasteiger partial charge in [-0.3, -0.25) is 0 Å². The second-order valence-corrected chi connectivity index (χ2v) is 3.57. The van der Waals surface area contributed by atoms with Crippen LogP contribution < -0.4 is 4.90 Å². The van der Waals surface area contributed by atoms with E-state index in [4.69, 9.17) is 23.8 Å². The molecule has 1 aromatic carbocycles. The molecule has 3 heteroatoms. The van der Waals surface area contributed by atoms with E-state index in [1.165, 1.54) is 5.56 Å². The van der Waals surface area contributed by atoms with E-state index >= 15 is 0 Å². The van der Waals surface area contributed by atoms with Crippen LogP contribution in [0.15, 0.2) is 24.3 Å². The Morgan fingerprint density at radius 3 is 2.50 bits per heavy atom. The van der Waals surface area contributed by atoms with Crippen LogP contribution in [0.25, 0.3) is 0 Å². The Balaban J connectivity index is 3.02. The lowest BCUT2D eigenvalue weighted by Gasteiger charge is -2.17. The molecule has 12 heavy (non-hydrogen) atoms. The Bertz CT molecular complexity index is 298. The number of anilines is 1. The number of benzene rings is 1. The zero-order valence-corrected chi connectivity index (χ0v) is 8.62. The number of hydrogen-bond donors (Lipinski definition) is 0. The van der Waals surface area contributed by atoms with Gasteiger partial charge in [-0.2, -0.15) is 0 Å². The van der Waals surface area contributed by atoms with E-state index in [0.29, 0.717) is 4.45 Å². The molecule has 0 bridgehead atoms. The fraction of sp³-hybridized carbons (Fsp3) is 0.222. The largest absolute Gasteiger partial charge is 0.326 e. The highest BCUT2D eigenvalue weighted by Crippen LogP contribution is 2.18. The molecule has 0 fully saturated rings. The van der Waals surface area contributed by atoms with Crippen LogP contribution in [0, 0.1) is 6.92 Å². The van der Waals surface area contributed by atoms with Crippen molar-refractivity contribution in [2.75, 3.05) is 11.9 Å². The maximum absolute atomic E-state index is 5.69. The van der Waals surface area contributed by atoms with Crippen LogP contribution in [0.2, 0.25) is 0 Å². The van der Waals surface area contributed by atoms with Gasteiger partial charge in [0.2, 0.25) is 0 Å². The van der Waals surface area contributed by atoms with Crippen molar-refractivity contribution in [1.29, 1.82) is 0 Å². The van der Waals surface area contributed by atoms with E-state index in [2.05, 4.69) is 0 Å². The van der Waals surface area contributed by atoms with Gasteiger partial charge >= 0.3 is 0 Å². The minimum absolute atomic E-state index is 0.365. The van der Waals surface area contributed by atoms with Crippen LogP contribution in [0.4, 0.5) is 5.69 Å². The predicted octanol–water partition coefficient (Wildman–Crippen LogP) is 2.95. The van der Waals surface area contributed by atoms with Gasteiger partial charge in [-0.05, 0) is 30.8 Å². The summed E-state index contributed by atoms with van der Waals surface area (Å²) in [5.74, 6) is 0. The van der Waals surface area contributed by atoms with E-state index in [-0.39, 0.29) is 0 Å². The van der Waals surface area contributed by atoms with Crippen LogP contribution >= 0.6 is 23.8 Å². The van der Waals surface area contributed by atoms with Gasteiger partial charge < -0.3 is 4.90 Å². The zero-order valence-electron chi connectivity index (χ0n) is 7.04. The molecule has 0 saturated carbocycles. The second-order valence-electron chi connectivity index (χ2n) is 2.60. The van der Waals surface area contributed by atoms with Gasteiger partial charge in [-0.1, -0.05) is 29.8 Å². The van der Waals surface area contributed by atoms with Crippen molar-refractivity contribution in [3.63, 3.8) is 0 Å². The molecule has 1 rings (SSSR count). The summed E-state index contributed by atoms with van der Waals surface area (Å²) in [4.78, 5) is 1.78. The molecule has 0 unspecified atom stereocenters. The molecule has 0 radical (unpaired) electrons. The van der Waals surface area contributed by atoms with E-state index in [1.54, 1.807) is 4.90 Å². The molecule has 0 aliphatic heterocycles. The third-order valence-electron chi connectivity index (χ3n) is 1.74. The topological polar surface area (TPSA) is 3.24 Å². The molecular weight excluding hydrogens is 190 g/mol. The molecule has 0 aromatic heterocycles. The van der Waals surface area contributed by atoms with Gasteiger partial charge in [-0.25, -0.2) is 0 Å². The average Bonchev–Trinajstić information content (AvgIpc) is 2.04. The quantitative estimate of drug-likeness (QED) is 0.389. The molecule has 0 atom stereocenters. The summed E-state index contributed by atoms with van der Waals surface area (Å²) in [6, 6.07) is 7.98. The van der Waals surface area contributed by atoms with Gasteiger partial charge in [0, 0.05) is 12.7 Å². The molecule has 0 spiro atoms. The van der Waals surface area contributed by atoms with Crippen molar-refractivity contribution < 1.29 is 0 Å². The van der Waals surface area contributed by atoms with Gasteiger partial charge in [0.25, 0.3) is 0 Å². The highest BCUT2D eigenvalue weighted by Gasteiger charge is 2.05. The smallest absolute Gasteiger partial charge is 0.174 e. The monoisotopic (exact) mass is 199 g/mol. The van der Waals surface area contributed by atoms with E-state index in [9.17, 15) is 0 Å². The SMILES string of the molecule is Cc1ccccc1N(C)C(=S)Cl.